The molecule has 1 aliphatic rings. The van der Waals surface area contributed by atoms with E-state index in [1.54, 1.807) is 16.9 Å². The van der Waals surface area contributed by atoms with E-state index in [1.807, 2.05) is 36.0 Å². The van der Waals surface area contributed by atoms with Crippen molar-refractivity contribution in [1.82, 2.24) is 19.3 Å². The highest BCUT2D eigenvalue weighted by molar-refractivity contribution is 5.58. The molecule has 0 aliphatic heterocycles. The molecule has 0 N–H and O–H groups in total. The molecule has 0 radical (unpaired) electrons. The maximum atomic E-state index is 12.3. The van der Waals surface area contributed by atoms with E-state index in [0.717, 1.165) is 24.2 Å². The predicted octanol–water partition coefficient (Wildman–Crippen LogP) is 3.89. The third-order valence-electron chi connectivity index (χ3n) is 4.89. The molecule has 0 unspecified atom stereocenters. The zero-order chi connectivity index (χ0) is 17.2. The lowest BCUT2D eigenvalue weighted by molar-refractivity contribution is 0.332. The van der Waals surface area contributed by atoms with Gasteiger partial charge in [-0.3, -0.25) is 4.79 Å². The minimum absolute atomic E-state index is 0.0160. The Morgan fingerprint density at radius 2 is 2.08 bits per heavy atom. The number of pyridine rings is 1. The fourth-order valence-electron chi connectivity index (χ4n) is 3.52. The Hall–Kier alpha value is -2.63. The summed E-state index contributed by atoms with van der Waals surface area (Å²) in [6.07, 6.45) is 9.33. The monoisotopic (exact) mass is 338 g/mol. The van der Waals surface area contributed by atoms with Crippen molar-refractivity contribution in [1.29, 1.82) is 0 Å². The van der Waals surface area contributed by atoms with E-state index in [2.05, 4.69) is 0 Å². The molecule has 0 aromatic carbocycles. The second-order valence-electron chi connectivity index (χ2n) is 6.51. The lowest BCUT2D eigenvalue weighted by atomic mass is 9.95. The highest BCUT2D eigenvalue weighted by Gasteiger charge is 2.23. The second-order valence-corrected chi connectivity index (χ2v) is 6.51. The Kier molecular flexibility index (Phi) is 4.26. The van der Waals surface area contributed by atoms with Gasteiger partial charge in [-0.1, -0.05) is 19.3 Å². The lowest BCUT2D eigenvalue weighted by Gasteiger charge is -2.23. The minimum atomic E-state index is -0.0160. The molecule has 3 aromatic rings. The van der Waals surface area contributed by atoms with Gasteiger partial charge in [-0.2, -0.15) is 0 Å². The van der Waals surface area contributed by atoms with E-state index in [1.165, 1.54) is 19.3 Å². The summed E-state index contributed by atoms with van der Waals surface area (Å²) in [4.78, 5) is 17.0. The van der Waals surface area contributed by atoms with E-state index in [4.69, 9.17) is 14.5 Å². The molecule has 25 heavy (non-hydrogen) atoms. The van der Waals surface area contributed by atoms with Crippen molar-refractivity contribution >= 4 is 0 Å². The molecule has 1 aliphatic carbocycles. The van der Waals surface area contributed by atoms with Gasteiger partial charge in [0.15, 0.2) is 11.6 Å². The van der Waals surface area contributed by atoms with Crippen LogP contribution in [-0.4, -0.2) is 19.3 Å². The smallest absolute Gasteiger partial charge is 0.251 e. The van der Waals surface area contributed by atoms with Crippen molar-refractivity contribution in [2.24, 2.45) is 0 Å². The first-order valence-corrected chi connectivity index (χ1v) is 8.97. The average molecular weight is 338 g/mol. The highest BCUT2D eigenvalue weighted by Crippen LogP contribution is 2.32. The zero-order valence-corrected chi connectivity index (χ0v) is 14.4. The molecule has 0 atom stereocenters. The van der Waals surface area contributed by atoms with E-state index in [0.29, 0.717) is 24.2 Å². The van der Waals surface area contributed by atoms with Gasteiger partial charge < -0.3 is 8.98 Å². The van der Waals surface area contributed by atoms with Gasteiger partial charge in [0.05, 0.1) is 12.3 Å². The largest absolute Gasteiger partial charge is 0.461 e. The van der Waals surface area contributed by atoms with Crippen LogP contribution in [-0.2, 0) is 6.54 Å². The van der Waals surface area contributed by atoms with Gasteiger partial charge in [-0.25, -0.2) is 9.67 Å². The van der Waals surface area contributed by atoms with Gasteiger partial charge in [0.1, 0.15) is 0 Å². The molecule has 1 fully saturated rings. The van der Waals surface area contributed by atoms with Crippen LogP contribution in [0.4, 0.5) is 0 Å². The van der Waals surface area contributed by atoms with Gasteiger partial charge in [0.25, 0.3) is 5.56 Å². The molecule has 3 heterocycles. The van der Waals surface area contributed by atoms with E-state index < -0.39 is 0 Å². The summed E-state index contributed by atoms with van der Waals surface area (Å²) in [5.41, 5.74) is 0.795. The van der Waals surface area contributed by atoms with Crippen LogP contribution in [0.5, 0.6) is 0 Å². The molecule has 0 spiro atoms. The summed E-state index contributed by atoms with van der Waals surface area (Å²) in [6.45, 7) is 2.62. The third kappa shape index (κ3) is 3.04. The first-order valence-electron chi connectivity index (χ1n) is 8.97. The van der Waals surface area contributed by atoms with Crippen molar-refractivity contribution in [3.8, 4) is 23.0 Å². The third-order valence-corrected chi connectivity index (χ3v) is 4.89. The molecule has 130 valence electrons. The molecule has 0 saturated heterocycles. The molecule has 6 heteroatoms. The standard InChI is InChI=1S/C19H22N4O2/c1-2-22-11-10-14(13-17(22)24)19-20-18(16-9-6-12-25-16)21-23(19)15-7-4-3-5-8-15/h6,9-13,15H,2-5,7-8H2,1H3. The van der Waals surface area contributed by atoms with Crippen molar-refractivity contribution in [2.45, 2.75) is 51.6 Å². The zero-order valence-electron chi connectivity index (χ0n) is 14.4. The second kappa shape index (κ2) is 6.70. The number of aryl methyl sites for hydroxylation is 1. The average Bonchev–Trinajstić information content (AvgIpc) is 3.32. The van der Waals surface area contributed by atoms with Crippen LogP contribution < -0.4 is 5.56 Å². The van der Waals surface area contributed by atoms with Crippen LogP contribution in [0, 0.1) is 0 Å². The Morgan fingerprint density at radius 1 is 1.24 bits per heavy atom. The fraction of sp³-hybridized carbons (Fsp3) is 0.421. The minimum Gasteiger partial charge on any atom is -0.461 e. The van der Waals surface area contributed by atoms with Gasteiger partial charge in [0.2, 0.25) is 5.82 Å². The molecule has 6 nitrogen and oxygen atoms in total. The maximum Gasteiger partial charge on any atom is 0.251 e. The molecule has 0 bridgehead atoms. The molecule has 3 aromatic heterocycles. The van der Waals surface area contributed by atoms with E-state index >= 15 is 0 Å². The predicted molar refractivity (Wildman–Crippen MR) is 95.2 cm³/mol. The molecule has 0 amide bonds. The fourth-order valence-corrected chi connectivity index (χ4v) is 3.52. The van der Waals surface area contributed by atoms with Crippen LogP contribution in [0.25, 0.3) is 23.0 Å². The van der Waals surface area contributed by atoms with Gasteiger partial charge in [-0.15, -0.1) is 5.10 Å². The Labute approximate surface area is 146 Å². The molecular formula is C19H22N4O2. The first kappa shape index (κ1) is 15.9. The SMILES string of the molecule is CCn1ccc(-c2nc(-c3ccco3)nn2C2CCCCC2)cc1=O. The number of rotatable bonds is 4. The first-order chi connectivity index (χ1) is 12.3. The van der Waals surface area contributed by atoms with Crippen LogP contribution in [0.15, 0.2) is 45.9 Å². The highest BCUT2D eigenvalue weighted by atomic mass is 16.3. The molecular weight excluding hydrogens is 316 g/mol. The summed E-state index contributed by atoms with van der Waals surface area (Å²) in [6, 6.07) is 7.62. The van der Waals surface area contributed by atoms with E-state index in [-0.39, 0.29) is 5.56 Å². The Bertz CT molecular complexity index is 902. The van der Waals surface area contributed by atoms with Gasteiger partial charge in [0, 0.05) is 24.4 Å². The van der Waals surface area contributed by atoms with Crippen molar-refractivity contribution in [3.05, 3.63) is 47.1 Å². The maximum absolute atomic E-state index is 12.3. The van der Waals surface area contributed by atoms with Crippen molar-refractivity contribution in [3.63, 3.8) is 0 Å². The quantitative estimate of drug-likeness (QED) is 0.724. The summed E-state index contributed by atoms with van der Waals surface area (Å²) in [7, 11) is 0. The topological polar surface area (TPSA) is 65.8 Å². The Morgan fingerprint density at radius 3 is 2.76 bits per heavy atom. The number of aromatic nitrogens is 4. The number of hydrogen-bond acceptors (Lipinski definition) is 4. The summed E-state index contributed by atoms with van der Waals surface area (Å²) >= 11 is 0. The summed E-state index contributed by atoms with van der Waals surface area (Å²) < 4.78 is 9.15. The number of nitrogens with zero attached hydrogens (tertiary/aromatic N) is 4. The van der Waals surface area contributed by atoms with E-state index in [9.17, 15) is 4.79 Å². The van der Waals surface area contributed by atoms with Gasteiger partial charge >= 0.3 is 0 Å². The van der Waals surface area contributed by atoms with Crippen LogP contribution in [0.2, 0.25) is 0 Å². The van der Waals surface area contributed by atoms with Gasteiger partial charge in [-0.05, 0) is 38.0 Å². The number of hydrogen-bond donors (Lipinski definition) is 0. The lowest BCUT2D eigenvalue weighted by Crippen LogP contribution is -2.19. The van der Waals surface area contributed by atoms with Crippen molar-refractivity contribution in [2.75, 3.05) is 0 Å². The van der Waals surface area contributed by atoms with Crippen LogP contribution in [0.1, 0.15) is 45.1 Å². The number of furan rings is 1. The Balaban J connectivity index is 1.81. The van der Waals surface area contributed by atoms with Crippen LogP contribution in [0.3, 0.4) is 0 Å². The molecule has 4 rings (SSSR count). The molecule has 1 saturated carbocycles. The summed E-state index contributed by atoms with van der Waals surface area (Å²) in [5, 5.41) is 4.73. The normalized spacial score (nSPS) is 15.6. The summed E-state index contributed by atoms with van der Waals surface area (Å²) in [5.74, 6) is 1.97. The van der Waals surface area contributed by atoms with Crippen molar-refractivity contribution < 1.29 is 4.42 Å². The van der Waals surface area contributed by atoms with Crippen LogP contribution >= 0.6 is 0 Å².